The van der Waals surface area contributed by atoms with Crippen LogP contribution < -0.4 is 5.32 Å². The number of carbonyl (C=O) groups excluding carboxylic acids is 1. The monoisotopic (exact) mass is 246 g/mol. The number of anilines is 1. The second-order valence-electron chi connectivity index (χ2n) is 3.64. The standard InChI is InChI=1S/C11H10N4O3/c1-6-2-7(4-12-3-6)15-10(16)8-9(11(17)18)14-5-13-8/h2-5H,1H3,(H,13,14)(H,15,16)(H,17,18). The van der Waals surface area contributed by atoms with E-state index < -0.39 is 11.9 Å². The molecule has 3 N–H and O–H groups in total. The Balaban J connectivity index is 2.22. The van der Waals surface area contributed by atoms with Gasteiger partial charge in [0.05, 0.1) is 18.2 Å². The first-order valence-corrected chi connectivity index (χ1v) is 5.07. The maximum absolute atomic E-state index is 11.8. The molecule has 0 spiro atoms. The Morgan fingerprint density at radius 3 is 2.83 bits per heavy atom. The number of H-pyrrole nitrogens is 1. The molecule has 1 amide bonds. The number of carbonyl (C=O) groups is 2. The predicted octanol–water partition coefficient (Wildman–Crippen LogP) is 1.06. The maximum Gasteiger partial charge on any atom is 0.354 e. The summed E-state index contributed by atoms with van der Waals surface area (Å²) >= 11 is 0. The fourth-order valence-electron chi connectivity index (χ4n) is 1.44. The predicted molar refractivity (Wildman–Crippen MR) is 62.5 cm³/mol. The minimum atomic E-state index is -1.24. The lowest BCUT2D eigenvalue weighted by atomic mass is 10.2. The molecule has 0 aliphatic heterocycles. The molecule has 7 nitrogen and oxygen atoms in total. The van der Waals surface area contributed by atoms with E-state index in [-0.39, 0.29) is 11.4 Å². The summed E-state index contributed by atoms with van der Waals surface area (Å²) in [6.07, 6.45) is 4.28. The molecule has 2 rings (SSSR count). The fourth-order valence-corrected chi connectivity index (χ4v) is 1.44. The van der Waals surface area contributed by atoms with E-state index >= 15 is 0 Å². The third-order valence-electron chi connectivity index (χ3n) is 2.20. The molecule has 92 valence electrons. The Kier molecular flexibility index (Phi) is 3.05. The van der Waals surface area contributed by atoms with Crippen molar-refractivity contribution in [3.8, 4) is 0 Å². The number of imidazole rings is 1. The van der Waals surface area contributed by atoms with E-state index in [2.05, 4.69) is 20.3 Å². The van der Waals surface area contributed by atoms with Gasteiger partial charge in [-0.2, -0.15) is 0 Å². The molecule has 2 aromatic heterocycles. The number of aromatic amines is 1. The highest BCUT2D eigenvalue weighted by Crippen LogP contribution is 2.10. The molecule has 0 saturated carbocycles. The molecule has 0 aliphatic carbocycles. The van der Waals surface area contributed by atoms with Gasteiger partial charge in [0, 0.05) is 6.20 Å². The van der Waals surface area contributed by atoms with Gasteiger partial charge in [0.2, 0.25) is 0 Å². The summed E-state index contributed by atoms with van der Waals surface area (Å²) in [5.41, 5.74) is 0.963. The van der Waals surface area contributed by atoms with E-state index in [9.17, 15) is 9.59 Å². The van der Waals surface area contributed by atoms with E-state index in [0.717, 1.165) is 11.9 Å². The summed E-state index contributed by atoms with van der Waals surface area (Å²) in [5, 5.41) is 11.4. The van der Waals surface area contributed by atoms with Crippen molar-refractivity contribution in [2.24, 2.45) is 0 Å². The number of hydrogen-bond acceptors (Lipinski definition) is 4. The van der Waals surface area contributed by atoms with E-state index in [1.165, 1.54) is 6.20 Å². The van der Waals surface area contributed by atoms with Gasteiger partial charge in [-0.15, -0.1) is 0 Å². The van der Waals surface area contributed by atoms with Crippen molar-refractivity contribution in [3.63, 3.8) is 0 Å². The van der Waals surface area contributed by atoms with E-state index in [0.29, 0.717) is 5.69 Å². The van der Waals surface area contributed by atoms with Crippen molar-refractivity contribution >= 4 is 17.6 Å². The largest absolute Gasteiger partial charge is 0.477 e. The lowest BCUT2D eigenvalue weighted by molar-refractivity contribution is 0.0686. The highest BCUT2D eigenvalue weighted by Gasteiger charge is 2.19. The first-order chi connectivity index (χ1) is 8.58. The van der Waals surface area contributed by atoms with Gasteiger partial charge in [0.1, 0.15) is 0 Å². The number of rotatable bonds is 3. The SMILES string of the molecule is Cc1cncc(NC(=O)c2nc[nH]c2C(=O)O)c1. The second kappa shape index (κ2) is 4.66. The maximum atomic E-state index is 11.8. The molecular formula is C11H10N4O3. The fraction of sp³-hybridized carbons (Fsp3) is 0.0909. The minimum absolute atomic E-state index is 0.163. The van der Waals surface area contributed by atoms with Crippen molar-refractivity contribution in [1.29, 1.82) is 0 Å². The van der Waals surface area contributed by atoms with Crippen LogP contribution in [0.15, 0.2) is 24.8 Å². The molecule has 0 atom stereocenters. The van der Waals surface area contributed by atoms with Crippen LogP contribution in [0.1, 0.15) is 26.5 Å². The molecule has 0 radical (unpaired) electrons. The molecule has 2 aromatic rings. The minimum Gasteiger partial charge on any atom is -0.477 e. The number of pyridine rings is 1. The summed E-state index contributed by atoms with van der Waals surface area (Å²) in [6, 6.07) is 1.72. The zero-order valence-corrected chi connectivity index (χ0v) is 9.47. The number of nitrogens with zero attached hydrogens (tertiary/aromatic N) is 2. The summed E-state index contributed by atoms with van der Waals surface area (Å²) in [5.74, 6) is -1.83. The number of aromatic carboxylic acids is 1. The van der Waals surface area contributed by atoms with Crippen LogP contribution in [0, 0.1) is 6.92 Å². The Labute approximate surface area is 102 Å². The Morgan fingerprint density at radius 1 is 1.39 bits per heavy atom. The lowest BCUT2D eigenvalue weighted by Crippen LogP contribution is -2.16. The number of nitrogens with one attached hydrogen (secondary N) is 2. The van der Waals surface area contributed by atoms with Crippen molar-refractivity contribution < 1.29 is 14.7 Å². The summed E-state index contributed by atoms with van der Waals surface area (Å²) < 4.78 is 0. The van der Waals surface area contributed by atoms with Gasteiger partial charge in [0.25, 0.3) is 5.91 Å². The lowest BCUT2D eigenvalue weighted by Gasteiger charge is -2.04. The van der Waals surface area contributed by atoms with Crippen LogP contribution in [0.25, 0.3) is 0 Å². The molecule has 0 fully saturated rings. The molecule has 0 aromatic carbocycles. The third kappa shape index (κ3) is 2.34. The number of carboxylic acid groups (broad SMARTS) is 1. The molecule has 18 heavy (non-hydrogen) atoms. The van der Waals surface area contributed by atoms with Crippen molar-refractivity contribution in [2.45, 2.75) is 6.92 Å². The van der Waals surface area contributed by atoms with E-state index in [4.69, 9.17) is 5.11 Å². The van der Waals surface area contributed by atoms with E-state index in [1.807, 2.05) is 6.92 Å². The Hall–Kier alpha value is -2.70. The third-order valence-corrected chi connectivity index (χ3v) is 2.20. The van der Waals surface area contributed by atoms with Crippen LogP contribution >= 0.6 is 0 Å². The molecule has 0 aliphatic rings. The topological polar surface area (TPSA) is 108 Å². The second-order valence-corrected chi connectivity index (χ2v) is 3.64. The quantitative estimate of drug-likeness (QED) is 0.750. The molecule has 0 unspecified atom stereocenters. The van der Waals surface area contributed by atoms with Crippen molar-refractivity contribution in [2.75, 3.05) is 5.32 Å². The summed E-state index contributed by atoms with van der Waals surface area (Å²) in [6.45, 7) is 1.83. The first kappa shape index (κ1) is 11.8. The number of aromatic nitrogens is 3. The average Bonchev–Trinajstić information content (AvgIpc) is 2.77. The smallest absolute Gasteiger partial charge is 0.354 e. The molecule has 0 bridgehead atoms. The average molecular weight is 246 g/mol. The van der Waals surface area contributed by atoms with Crippen molar-refractivity contribution in [3.05, 3.63) is 41.7 Å². The first-order valence-electron chi connectivity index (χ1n) is 5.07. The van der Waals surface area contributed by atoms with Crippen LogP contribution in [0.2, 0.25) is 0 Å². The Morgan fingerprint density at radius 2 is 2.17 bits per heavy atom. The molecular weight excluding hydrogens is 236 g/mol. The van der Waals surface area contributed by atoms with Gasteiger partial charge in [0.15, 0.2) is 11.4 Å². The van der Waals surface area contributed by atoms with Crippen LogP contribution in [0.4, 0.5) is 5.69 Å². The van der Waals surface area contributed by atoms with Crippen molar-refractivity contribution in [1.82, 2.24) is 15.0 Å². The number of carboxylic acids is 1. The van der Waals surface area contributed by atoms with E-state index in [1.54, 1.807) is 12.3 Å². The molecule has 7 heteroatoms. The van der Waals surface area contributed by atoms with Gasteiger partial charge in [-0.3, -0.25) is 9.78 Å². The van der Waals surface area contributed by atoms with Gasteiger partial charge >= 0.3 is 5.97 Å². The highest BCUT2D eigenvalue weighted by atomic mass is 16.4. The number of aryl methyl sites for hydroxylation is 1. The van der Waals surface area contributed by atoms with Crippen LogP contribution in [0.3, 0.4) is 0 Å². The van der Waals surface area contributed by atoms with Crippen LogP contribution in [-0.2, 0) is 0 Å². The van der Waals surface area contributed by atoms with Gasteiger partial charge in [-0.25, -0.2) is 9.78 Å². The molecule has 0 saturated heterocycles. The number of hydrogen-bond donors (Lipinski definition) is 3. The summed E-state index contributed by atoms with van der Waals surface area (Å²) in [4.78, 5) is 32.7. The Bertz CT molecular complexity index is 606. The van der Waals surface area contributed by atoms with Crippen LogP contribution in [-0.4, -0.2) is 31.9 Å². The number of amides is 1. The molecule has 2 heterocycles. The zero-order chi connectivity index (χ0) is 13.1. The normalized spacial score (nSPS) is 10.1. The summed E-state index contributed by atoms with van der Waals surface area (Å²) in [7, 11) is 0. The van der Waals surface area contributed by atoms with Gasteiger partial charge in [-0.1, -0.05) is 0 Å². The van der Waals surface area contributed by atoms with Gasteiger partial charge in [-0.05, 0) is 18.6 Å². The zero-order valence-electron chi connectivity index (χ0n) is 9.47. The van der Waals surface area contributed by atoms with Gasteiger partial charge < -0.3 is 15.4 Å². The van der Waals surface area contributed by atoms with Crippen LogP contribution in [0.5, 0.6) is 0 Å². The highest BCUT2D eigenvalue weighted by molar-refractivity contribution is 6.08.